The zero-order valence-corrected chi connectivity index (χ0v) is 10.2. The second kappa shape index (κ2) is 5.34. The number of benzene rings is 1. The molecule has 2 rings (SSSR count). The smallest absolute Gasteiger partial charge is 0.230 e. The van der Waals surface area contributed by atoms with E-state index in [0.717, 1.165) is 6.07 Å². The van der Waals surface area contributed by atoms with Crippen LogP contribution in [-0.2, 0) is 0 Å². The van der Waals surface area contributed by atoms with E-state index in [2.05, 4.69) is 25.4 Å². The van der Waals surface area contributed by atoms with Crippen LogP contribution >= 0.6 is 0 Å². The van der Waals surface area contributed by atoms with Gasteiger partial charge < -0.3 is 10.1 Å². The van der Waals surface area contributed by atoms with Gasteiger partial charge in [0.25, 0.3) is 0 Å². The van der Waals surface area contributed by atoms with Crippen molar-refractivity contribution in [2.75, 3.05) is 12.4 Å². The number of hydrogen-bond acceptors (Lipinski definition) is 7. The van der Waals surface area contributed by atoms with Gasteiger partial charge in [0.05, 0.1) is 12.8 Å². The van der Waals surface area contributed by atoms with Gasteiger partial charge in [-0.05, 0) is 18.2 Å². The molecule has 0 spiro atoms. The Labute approximate surface area is 107 Å². The van der Waals surface area contributed by atoms with Gasteiger partial charge in [0.1, 0.15) is 23.6 Å². The third-order valence-corrected chi connectivity index (χ3v) is 2.31. The summed E-state index contributed by atoms with van der Waals surface area (Å²) in [5.41, 5.74) is 0.0122. The largest absolute Gasteiger partial charge is 0.494 e. The molecule has 1 N–H and O–H groups in total. The summed E-state index contributed by atoms with van der Waals surface area (Å²) in [6, 6.07) is 2.29. The first-order valence-corrected chi connectivity index (χ1v) is 5.27. The van der Waals surface area contributed by atoms with Gasteiger partial charge in [-0.3, -0.25) is 0 Å². The summed E-state index contributed by atoms with van der Waals surface area (Å²) in [7, 11) is 1.38. The highest BCUT2D eigenvalue weighted by atomic mass is 19.1. The summed E-state index contributed by atoms with van der Waals surface area (Å²) >= 11 is 0. The summed E-state index contributed by atoms with van der Waals surface area (Å²) in [4.78, 5) is 22.3. The van der Waals surface area contributed by atoms with Gasteiger partial charge in [-0.25, -0.2) is 14.4 Å². The third kappa shape index (κ3) is 2.79. The lowest BCUT2D eigenvalue weighted by atomic mass is 10.2. The third-order valence-electron chi connectivity index (χ3n) is 2.31. The Bertz CT molecular complexity index is 620. The molecule has 0 amide bonds. The Hall–Kier alpha value is -2.64. The van der Waals surface area contributed by atoms with Crippen LogP contribution in [0.15, 0.2) is 23.6 Å². The first-order valence-electron chi connectivity index (χ1n) is 5.27. The molecule has 0 fully saturated rings. The number of rotatable bonds is 4. The summed E-state index contributed by atoms with van der Waals surface area (Å²) in [5.74, 6) is 0.230. The Kier molecular flexibility index (Phi) is 3.60. The molecule has 8 heteroatoms. The second-order valence-electron chi connectivity index (χ2n) is 3.58. The number of aryl methyl sites for hydroxylation is 1. The molecule has 0 atom stereocenters. The van der Waals surface area contributed by atoms with E-state index < -0.39 is 5.82 Å². The van der Waals surface area contributed by atoms with Crippen molar-refractivity contribution in [3.05, 3.63) is 35.0 Å². The lowest BCUT2D eigenvalue weighted by molar-refractivity contribution is 0.413. The van der Waals surface area contributed by atoms with Crippen LogP contribution in [0.3, 0.4) is 0 Å². The normalized spacial score (nSPS) is 10.1. The van der Waals surface area contributed by atoms with E-state index in [9.17, 15) is 9.30 Å². The number of nitroso groups, excluding NO2 is 1. The van der Waals surface area contributed by atoms with Crippen molar-refractivity contribution in [3.63, 3.8) is 0 Å². The molecule has 0 saturated carbocycles. The van der Waals surface area contributed by atoms with Crippen molar-refractivity contribution < 1.29 is 9.13 Å². The molecule has 2 aromatic rings. The van der Waals surface area contributed by atoms with Gasteiger partial charge >= 0.3 is 0 Å². The van der Waals surface area contributed by atoms with Crippen molar-refractivity contribution in [2.45, 2.75) is 6.92 Å². The molecule has 0 unspecified atom stereocenters. The van der Waals surface area contributed by atoms with Crippen LogP contribution in [0.1, 0.15) is 5.82 Å². The SMILES string of the molecule is COc1cc(F)c(N=O)cc1Nc1ncnc(C)n1. The molecule has 7 nitrogen and oxygen atoms in total. The quantitative estimate of drug-likeness (QED) is 0.852. The first kappa shape index (κ1) is 12.8. The molecule has 19 heavy (non-hydrogen) atoms. The minimum absolute atomic E-state index is 0.211. The molecule has 0 aliphatic carbocycles. The number of methoxy groups -OCH3 is 1. The molecule has 98 valence electrons. The van der Waals surface area contributed by atoms with E-state index >= 15 is 0 Å². The van der Waals surface area contributed by atoms with Crippen molar-refractivity contribution in [2.24, 2.45) is 5.18 Å². The molecular weight excluding hydrogens is 253 g/mol. The predicted octanol–water partition coefficient (Wildman–Crippen LogP) is 2.47. The summed E-state index contributed by atoms with van der Waals surface area (Å²) in [5, 5.41) is 5.41. The van der Waals surface area contributed by atoms with Crippen LogP contribution in [0.5, 0.6) is 5.75 Å². The number of nitrogens with one attached hydrogen (secondary N) is 1. The average molecular weight is 263 g/mol. The fraction of sp³-hybridized carbons (Fsp3) is 0.182. The van der Waals surface area contributed by atoms with Gasteiger partial charge in [0.15, 0.2) is 5.82 Å². The monoisotopic (exact) mass is 263 g/mol. The zero-order chi connectivity index (χ0) is 13.8. The number of nitrogens with zero attached hydrogens (tertiary/aromatic N) is 4. The number of anilines is 2. The number of ether oxygens (including phenoxy) is 1. The average Bonchev–Trinajstić information content (AvgIpc) is 2.40. The maximum absolute atomic E-state index is 13.4. The van der Waals surface area contributed by atoms with E-state index in [1.165, 1.54) is 19.5 Å². The van der Waals surface area contributed by atoms with Crippen molar-refractivity contribution >= 4 is 17.3 Å². The fourth-order valence-electron chi connectivity index (χ4n) is 1.44. The van der Waals surface area contributed by atoms with Crippen LogP contribution in [0.4, 0.5) is 21.7 Å². The van der Waals surface area contributed by atoms with Crippen LogP contribution in [0.2, 0.25) is 0 Å². The van der Waals surface area contributed by atoms with Crippen LogP contribution in [0.25, 0.3) is 0 Å². The maximum Gasteiger partial charge on any atom is 0.230 e. The minimum atomic E-state index is -0.760. The van der Waals surface area contributed by atoms with E-state index in [4.69, 9.17) is 4.74 Å². The molecule has 1 aromatic carbocycles. The van der Waals surface area contributed by atoms with Gasteiger partial charge in [0, 0.05) is 6.07 Å². The highest BCUT2D eigenvalue weighted by Gasteiger charge is 2.12. The Morgan fingerprint density at radius 3 is 2.79 bits per heavy atom. The highest BCUT2D eigenvalue weighted by Crippen LogP contribution is 2.33. The molecule has 0 aliphatic heterocycles. The Morgan fingerprint density at radius 1 is 1.37 bits per heavy atom. The van der Waals surface area contributed by atoms with Gasteiger partial charge in [-0.1, -0.05) is 0 Å². The molecule has 0 saturated heterocycles. The van der Waals surface area contributed by atoms with E-state index in [1.807, 2.05) is 0 Å². The van der Waals surface area contributed by atoms with Gasteiger partial charge in [-0.2, -0.15) is 4.98 Å². The lowest BCUT2D eigenvalue weighted by Crippen LogP contribution is -2.01. The summed E-state index contributed by atoms with van der Waals surface area (Å²) < 4.78 is 18.4. The molecular formula is C11H10FN5O2. The molecule has 0 radical (unpaired) electrons. The number of halogens is 1. The maximum atomic E-state index is 13.4. The molecule has 1 aromatic heterocycles. The standard InChI is InChI=1S/C11H10FN5O2/c1-6-13-5-14-11(15-6)16-9-4-8(17-18)7(12)3-10(9)19-2/h3-5H,1-2H3,(H,13,14,15,16). The molecule has 1 heterocycles. The van der Waals surface area contributed by atoms with E-state index in [0.29, 0.717) is 11.5 Å². The number of hydrogen-bond donors (Lipinski definition) is 1. The summed E-state index contributed by atoms with van der Waals surface area (Å²) in [6.07, 6.45) is 1.33. The minimum Gasteiger partial charge on any atom is -0.494 e. The number of aromatic nitrogens is 3. The Balaban J connectivity index is 2.41. The van der Waals surface area contributed by atoms with Crippen molar-refractivity contribution in [3.8, 4) is 5.75 Å². The van der Waals surface area contributed by atoms with Crippen molar-refractivity contribution in [1.82, 2.24) is 15.0 Å². The first-order chi connectivity index (χ1) is 9.13. The van der Waals surface area contributed by atoms with Gasteiger partial charge in [0.2, 0.25) is 5.95 Å². The topological polar surface area (TPSA) is 89.4 Å². The van der Waals surface area contributed by atoms with Crippen LogP contribution in [0, 0.1) is 17.6 Å². The predicted molar refractivity (Wildman–Crippen MR) is 66.3 cm³/mol. The van der Waals surface area contributed by atoms with Crippen LogP contribution < -0.4 is 10.1 Å². The Morgan fingerprint density at radius 2 is 2.16 bits per heavy atom. The lowest BCUT2D eigenvalue weighted by Gasteiger charge is -2.10. The van der Waals surface area contributed by atoms with E-state index in [1.54, 1.807) is 6.92 Å². The fourth-order valence-corrected chi connectivity index (χ4v) is 1.44. The van der Waals surface area contributed by atoms with Gasteiger partial charge in [-0.15, -0.1) is 4.91 Å². The second-order valence-corrected chi connectivity index (χ2v) is 3.58. The van der Waals surface area contributed by atoms with Crippen molar-refractivity contribution in [1.29, 1.82) is 0 Å². The van der Waals surface area contributed by atoms with Crippen LogP contribution in [-0.4, -0.2) is 22.1 Å². The zero-order valence-electron chi connectivity index (χ0n) is 10.2. The summed E-state index contributed by atoms with van der Waals surface area (Å²) in [6.45, 7) is 1.70. The molecule has 0 bridgehead atoms. The highest BCUT2D eigenvalue weighted by molar-refractivity contribution is 5.67. The van der Waals surface area contributed by atoms with E-state index in [-0.39, 0.29) is 17.4 Å². The molecule has 0 aliphatic rings.